The summed E-state index contributed by atoms with van der Waals surface area (Å²) in [7, 11) is 0. The number of hydrogen-bond acceptors (Lipinski definition) is 3. The SMILES string of the molecule is O=C([C@@H]1OC[C@@H]2CCC[C@@H]21)N1C[C@@H]2CCN(C(=O)c3ccc(C4=CCCC4)cc3)[C@@H]2C1. The summed E-state index contributed by atoms with van der Waals surface area (Å²) in [5.74, 6) is 1.68. The second kappa shape index (κ2) is 7.77. The highest BCUT2D eigenvalue weighted by atomic mass is 16.5. The Bertz CT molecular complexity index is 908. The zero-order valence-electron chi connectivity index (χ0n) is 18.2. The molecular weight excluding hydrogens is 388 g/mol. The Morgan fingerprint density at radius 1 is 0.968 bits per heavy atom. The molecule has 0 aromatic heterocycles. The number of benzene rings is 1. The number of likely N-dealkylation sites (tertiary alicyclic amines) is 2. The molecule has 0 spiro atoms. The number of carbonyl (C=O) groups excluding carboxylic acids is 2. The quantitative estimate of drug-likeness (QED) is 0.749. The molecule has 3 saturated heterocycles. The molecule has 5 heteroatoms. The first-order valence-electron chi connectivity index (χ1n) is 12.2. The van der Waals surface area contributed by atoms with Crippen molar-refractivity contribution in [2.45, 2.75) is 57.1 Å². The molecule has 5 nitrogen and oxygen atoms in total. The van der Waals surface area contributed by atoms with Crippen molar-refractivity contribution in [1.29, 1.82) is 0 Å². The molecular formula is C26H32N2O3. The first-order valence-corrected chi connectivity index (χ1v) is 12.2. The molecule has 0 radical (unpaired) electrons. The summed E-state index contributed by atoms with van der Waals surface area (Å²) >= 11 is 0. The van der Waals surface area contributed by atoms with E-state index in [0.717, 1.165) is 50.9 Å². The zero-order chi connectivity index (χ0) is 20.9. The number of rotatable bonds is 3. The van der Waals surface area contributed by atoms with Crippen LogP contribution in [0.2, 0.25) is 0 Å². The lowest BCUT2D eigenvalue weighted by molar-refractivity contribution is -0.142. The lowest BCUT2D eigenvalue weighted by Gasteiger charge is -2.27. The highest BCUT2D eigenvalue weighted by Crippen LogP contribution is 2.42. The summed E-state index contributed by atoms with van der Waals surface area (Å²) in [5.41, 5.74) is 3.41. The fourth-order valence-corrected chi connectivity index (χ4v) is 6.78. The van der Waals surface area contributed by atoms with Crippen LogP contribution in [0.4, 0.5) is 0 Å². The fraction of sp³-hybridized carbons (Fsp3) is 0.615. The van der Waals surface area contributed by atoms with Gasteiger partial charge in [0.1, 0.15) is 6.10 Å². The van der Waals surface area contributed by atoms with Crippen LogP contribution in [0.25, 0.3) is 5.57 Å². The first-order chi connectivity index (χ1) is 15.2. The summed E-state index contributed by atoms with van der Waals surface area (Å²) in [5, 5.41) is 0. The average molecular weight is 421 g/mol. The molecule has 2 aliphatic carbocycles. The molecule has 5 atom stereocenters. The summed E-state index contributed by atoms with van der Waals surface area (Å²) in [4.78, 5) is 30.5. The molecule has 3 aliphatic heterocycles. The number of ether oxygens (including phenoxy) is 1. The maximum Gasteiger partial charge on any atom is 0.254 e. The summed E-state index contributed by atoms with van der Waals surface area (Å²) in [6, 6.07) is 8.30. The second-order valence-corrected chi connectivity index (χ2v) is 10.2. The predicted octanol–water partition coefficient (Wildman–Crippen LogP) is 3.74. The van der Waals surface area contributed by atoms with Crippen molar-refractivity contribution < 1.29 is 14.3 Å². The predicted molar refractivity (Wildman–Crippen MR) is 118 cm³/mol. The third-order valence-electron chi connectivity index (χ3n) is 8.50. The first kappa shape index (κ1) is 19.5. The van der Waals surface area contributed by atoms with Crippen LogP contribution in [-0.4, -0.2) is 60.0 Å². The van der Waals surface area contributed by atoms with E-state index in [0.29, 0.717) is 24.3 Å². The molecule has 164 valence electrons. The van der Waals surface area contributed by atoms with E-state index in [4.69, 9.17) is 4.74 Å². The minimum absolute atomic E-state index is 0.113. The van der Waals surface area contributed by atoms with Gasteiger partial charge in [0, 0.05) is 31.1 Å². The van der Waals surface area contributed by atoms with Crippen LogP contribution in [0.15, 0.2) is 30.3 Å². The van der Waals surface area contributed by atoms with Crippen LogP contribution in [-0.2, 0) is 9.53 Å². The number of hydrogen-bond donors (Lipinski definition) is 0. The van der Waals surface area contributed by atoms with Crippen molar-refractivity contribution in [3.05, 3.63) is 41.5 Å². The highest BCUT2D eigenvalue weighted by Gasteiger charge is 2.50. The lowest BCUT2D eigenvalue weighted by Crippen LogP contribution is -2.44. The number of carbonyl (C=O) groups is 2. The van der Waals surface area contributed by atoms with Gasteiger partial charge in [-0.3, -0.25) is 9.59 Å². The Labute approximate surface area is 184 Å². The Hall–Kier alpha value is -2.14. The Morgan fingerprint density at radius 2 is 1.84 bits per heavy atom. The topological polar surface area (TPSA) is 49.9 Å². The summed E-state index contributed by atoms with van der Waals surface area (Å²) < 4.78 is 5.94. The third-order valence-corrected chi connectivity index (χ3v) is 8.50. The van der Waals surface area contributed by atoms with Crippen LogP contribution in [0.1, 0.15) is 60.9 Å². The van der Waals surface area contributed by atoms with Crippen molar-refractivity contribution in [3.63, 3.8) is 0 Å². The van der Waals surface area contributed by atoms with Crippen molar-refractivity contribution in [3.8, 4) is 0 Å². The number of amides is 2. The number of fused-ring (bicyclic) bond motifs is 2. The van der Waals surface area contributed by atoms with E-state index in [-0.39, 0.29) is 24.0 Å². The van der Waals surface area contributed by atoms with Gasteiger partial charge < -0.3 is 14.5 Å². The van der Waals surface area contributed by atoms with Crippen LogP contribution in [0.5, 0.6) is 0 Å². The molecule has 1 aromatic carbocycles. The highest BCUT2D eigenvalue weighted by molar-refractivity contribution is 5.95. The minimum Gasteiger partial charge on any atom is -0.368 e. The van der Waals surface area contributed by atoms with E-state index in [1.54, 1.807) is 0 Å². The number of allylic oxidation sites excluding steroid dienone is 2. The van der Waals surface area contributed by atoms with Crippen LogP contribution in [0, 0.1) is 17.8 Å². The monoisotopic (exact) mass is 420 g/mol. The van der Waals surface area contributed by atoms with Gasteiger partial charge in [-0.1, -0.05) is 24.6 Å². The molecule has 0 unspecified atom stereocenters. The van der Waals surface area contributed by atoms with Gasteiger partial charge in [-0.25, -0.2) is 0 Å². The molecule has 0 bridgehead atoms. The van der Waals surface area contributed by atoms with E-state index < -0.39 is 0 Å². The van der Waals surface area contributed by atoms with Gasteiger partial charge in [-0.15, -0.1) is 0 Å². The standard InChI is InChI=1S/C26H32N2O3/c29-25(19-10-8-18(9-11-19)17-4-1-2-5-17)28-13-12-20-14-27(15-23(20)28)26(30)24-22-7-3-6-21(22)16-31-24/h4,8-11,20-24H,1-3,5-7,12-16H2/t20-,21-,22-,23+,24+/m0/s1. The molecule has 1 aromatic rings. The Kier molecular flexibility index (Phi) is 4.90. The number of nitrogens with zero attached hydrogens (tertiary/aromatic N) is 2. The van der Waals surface area contributed by atoms with Crippen molar-refractivity contribution in [1.82, 2.24) is 9.80 Å². The maximum absolute atomic E-state index is 13.3. The fourth-order valence-electron chi connectivity index (χ4n) is 6.78. The third kappa shape index (κ3) is 3.32. The molecule has 5 aliphatic rings. The van der Waals surface area contributed by atoms with E-state index >= 15 is 0 Å². The van der Waals surface area contributed by atoms with Gasteiger partial charge in [0.05, 0.1) is 12.6 Å². The molecule has 4 fully saturated rings. The normalized spacial score (nSPS) is 34.2. The molecule has 31 heavy (non-hydrogen) atoms. The lowest BCUT2D eigenvalue weighted by atomic mass is 9.94. The van der Waals surface area contributed by atoms with Crippen molar-refractivity contribution >= 4 is 17.4 Å². The van der Waals surface area contributed by atoms with Gasteiger partial charge in [0.25, 0.3) is 11.8 Å². The minimum atomic E-state index is -0.243. The van der Waals surface area contributed by atoms with E-state index in [1.807, 2.05) is 21.9 Å². The largest absolute Gasteiger partial charge is 0.368 e. The van der Waals surface area contributed by atoms with Gasteiger partial charge >= 0.3 is 0 Å². The van der Waals surface area contributed by atoms with Gasteiger partial charge in [0.15, 0.2) is 0 Å². The molecule has 2 amide bonds. The maximum atomic E-state index is 13.3. The second-order valence-electron chi connectivity index (χ2n) is 10.2. The van der Waals surface area contributed by atoms with E-state index in [1.165, 1.54) is 30.4 Å². The molecule has 0 N–H and O–H groups in total. The van der Waals surface area contributed by atoms with Crippen LogP contribution >= 0.6 is 0 Å². The Balaban J connectivity index is 1.13. The van der Waals surface area contributed by atoms with E-state index in [9.17, 15) is 9.59 Å². The van der Waals surface area contributed by atoms with Crippen molar-refractivity contribution in [2.24, 2.45) is 17.8 Å². The summed E-state index contributed by atoms with van der Waals surface area (Å²) in [6.07, 6.45) is 10.2. The van der Waals surface area contributed by atoms with Gasteiger partial charge in [-0.2, -0.15) is 0 Å². The van der Waals surface area contributed by atoms with Gasteiger partial charge in [-0.05, 0) is 73.6 Å². The molecule has 1 saturated carbocycles. The summed E-state index contributed by atoms with van der Waals surface area (Å²) in [6.45, 7) is 2.99. The van der Waals surface area contributed by atoms with Crippen LogP contribution in [0.3, 0.4) is 0 Å². The smallest absolute Gasteiger partial charge is 0.254 e. The zero-order valence-corrected chi connectivity index (χ0v) is 18.2. The average Bonchev–Trinajstić information content (AvgIpc) is 3.59. The van der Waals surface area contributed by atoms with Crippen LogP contribution < -0.4 is 0 Å². The van der Waals surface area contributed by atoms with E-state index in [2.05, 4.69) is 18.2 Å². The molecule has 6 rings (SSSR count). The Morgan fingerprint density at radius 3 is 2.65 bits per heavy atom. The van der Waals surface area contributed by atoms with Gasteiger partial charge in [0.2, 0.25) is 0 Å². The van der Waals surface area contributed by atoms with Crippen molar-refractivity contribution in [2.75, 3.05) is 26.2 Å². The molecule has 3 heterocycles.